The SMILES string of the molecule is COc1ccc2c(CN3CCC4(CC3)CC4)ccnc2c1C(C)C. The Labute approximate surface area is 145 Å². The number of pyridine rings is 1. The van der Waals surface area contributed by atoms with Gasteiger partial charge in [0.1, 0.15) is 5.75 Å². The van der Waals surface area contributed by atoms with Crippen molar-refractivity contribution in [3.05, 3.63) is 35.5 Å². The zero-order chi connectivity index (χ0) is 16.7. The summed E-state index contributed by atoms with van der Waals surface area (Å²) in [6.07, 6.45) is 7.69. The van der Waals surface area contributed by atoms with Gasteiger partial charge in [-0.1, -0.05) is 13.8 Å². The van der Waals surface area contributed by atoms with Crippen LogP contribution in [0.2, 0.25) is 0 Å². The Morgan fingerprint density at radius 1 is 1.12 bits per heavy atom. The van der Waals surface area contributed by atoms with Crippen LogP contribution in [0.4, 0.5) is 0 Å². The van der Waals surface area contributed by atoms with Crippen LogP contribution in [0, 0.1) is 5.41 Å². The van der Waals surface area contributed by atoms with Crippen LogP contribution in [-0.2, 0) is 6.54 Å². The lowest BCUT2D eigenvalue weighted by molar-refractivity contribution is 0.166. The molecule has 2 aromatic rings. The van der Waals surface area contributed by atoms with Gasteiger partial charge in [0.15, 0.2) is 0 Å². The molecule has 0 atom stereocenters. The van der Waals surface area contributed by atoms with E-state index in [0.29, 0.717) is 5.92 Å². The molecule has 1 aliphatic heterocycles. The average molecular weight is 324 g/mol. The third kappa shape index (κ3) is 2.79. The van der Waals surface area contributed by atoms with Crippen molar-refractivity contribution in [1.82, 2.24) is 9.88 Å². The minimum absolute atomic E-state index is 0.399. The normalized spacial score (nSPS) is 20.0. The molecule has 0 N–H and O–H groups in total. The molecule has 2 fully saturated rings. The summed E-state index contributed by atoms with van der Waals surface area (Å²) >= 11 is 0. The van der Waals surface area contributed by atoms with Gasteiger partial charge in [-0.2, -0.15) is 0 Å². The minimum atomic E-state index is 0.399. The first-order valence-corrected chi connectivity index (χ1v) is 9.29. The Morgan fingerprint density at radius 3 is 2.50 bits per heavy atom. The van der Waals surface area contributed by atoms with Crippen LogP contribution >= 0.6 is 0 Å². The molecule has 1 spiro atoms. The monoisotopic (exact) mass is 324 g/mol. The van der Waals surface area contributed by atoms with Gasteiger partial charge in [0, 0.05) is 23.7 Å². The summed E-state index contributed by atoms with van der Waals surface area (Å²) in [6, 6.07) is 6.49. The fourth-order valence-corrected chi connectivity index (χ4v) is 4.26. The maximum Gasteiger partial charge on any atom is 0.124 e. The van der Waals surface area contributed by atoms with Crippen molar-refractivity contribution >= 4 is 10.9 Å². The maximum atomic E-state index is 5.58. The Hall–Kier alpha value is -1.61. The molecule has 1 aromatic carbocycles. The lowest BCUT2D eigenvalue weighted by Gasteiger charge is -2.32. The summed E-state index contributed by atoms with van der Waals surface area (Å²) in [5, 5.41) is 1.29. The predicted octanol–water partition coefficient (Wildman–Crippen LogP) is 4.74. The van der Waals surface area contributed by atoms with Crippen LogP contribution in [0.15, 0.2) is 24.4 Å². The van der Waals surface area contributed by atoms with Gasteiger partial charge in [-0.25, -0.2) is 0 Å². The topological polar surface area (TPSA) is 25.4 Å². The number of aromatic nitrogens is 1. The highest BCUT2D eigenvalue weighted by Crippen LogP contribution is 2.53. The fourth-order valence-electron chi connectivity index (χ4n) is 4.26. The highest BCUT2D eigenvalue weighted by molar-refractivity contribution is 5.87. The van der Waals surface area contributed by atoms with Crippen molar-refractivity contribution in [1.29, 1.82) is 0 Å². The molecule has 128 valence electrons. The Kier molecular flexibility index (Phi) is 4.00. The molecule has 0 unspecified atom stereocenters. The Balaban J connectivity index is 1.65. The third-order valence-electron chi connectivity index (χ3n) is 6.07. The molecule has 1 saturated heterocycles. The van der Waals surface area contributed by atoms with Gasteiger partial charge in [-0.05, 0) is 73.9 Å². The molecule has 24 heavy (non-hydrogen) atoms. The maximum absolute atomic E-state index is 5.58. The van der Waals surface area contributed by atoms with Crippen LogP contribution in [0.3, 0.4) is 0 Å². The zero-order valence-corrected chi connectivity index (χ0v) is 15.1. The quantitative estimate of drug-likeness (QED) is 0.812. The molecule has 0 radical (unpaired) electrons. The van der Waals surface area contributed by atoms with E-state index in [1.807, 2.05) is 6.20 Å². The molecule has 4 rings (SSSR count). The molecule has 0 bridgehead atoms. The highest BCUT2D eigenvalue weighted by Gasteiger charge is 2.44. The van der Waals surface area contributed by atoms with E-state index in [0.717, 1.165) is 23.2 Å². The van der Waals surface area contributed by atoms with E-state index in [9.17, 15) is 0 Å². The van der Waals surface area contributed by atoms with Gasteiger partial charge in [0.05, 0.1) is 12.6 Å². The number of methoxy groups -OCH3 is 1. The van der Waals surface area contributed by atoms with Gasteiger partial charge < -0.3 is 4.74 Å². The molecular formula is C21H28N2O. The number of hydrogen-bond acceptors (Lipinski definition) is 3. The van der Waals surface area contributed by atoms with E-state index in [4.69, 9.17) is 9.72 Å². The van der Waals surface area contributed by atoms with Gasteiger partial charge in [-0.3, -0.25) is 9.88 Å². The summed E-state index contributed by atoms with van der Waals surface area (Å²) in [6.45, 7) is 7.96. The molecule has 2 aliphatic rings. The summed E-state index contributed by atoms with van der Waals surface area (Å²) in [4.78, 5) is 7.32. The Bertz CT molecular complexity index is 739. The van der Waals surface area contributed by atoms with Crippen molar-refractivity contribution in [3.8, 4) is 5.75 Å². The van der Waals surface area contributed by atoms with E-state index < -0.39 is 0 Å². The van der Waals surface area contributed by atoms with Gasteiger partial charge in [0.25, 0.3) is 0 Å². The molecule has 3 nitrogen and oxygen atoms in total. The third-order valence-corrected chi connectivity index (χ3v) is 6.07. The standard InChI is InChI=1S/C21H28N2O/c1-15(2)19-18(24-3)5-4-17-16(6-11-22-20(17)19)14-23-12-9-21(7-8-21)10-13-23/h4-6,11,15H,7-10,12-14H2,1-3H3. The van der Waals surface area contributed by atoms with Crippen molar-refractivity contribution < 1.29 is 4.74 Å². The first-order valence-electron chi connectivity index (χ1n) is 9.29. The largest absolute Gasteiger partial charge is 0.496 e. The van der Waals surface area contributed by atoms with Crippen LogP contribution in [-0.4, -0.2) is 30.1 Å². The van der Waals surface area contributed by atoms with Crippen LogP contribution in [0.1, 0.15) is 56.6 Å². The fraction of sp³-hybridized carbons (Fsp3) is 0.571. The molecule has 2 heterocycles. The van der Waals surface area contributed by atoms with Crippen LogP contribution < -0.4 is 4.74 Å². The molecular weight excluding hydrogens is 296 g/mol. The average Bonchev–Trinajstić information content (AvgIpc) is 3.35. The van der Waals surface area contributed by atoms with Gasteiger partial charge in [0.2, 0.25) is 0 Å². The molecule has 1 aromatic heterocycles. The summed E-state index contributed by atoms with van der Waals surface area (Å²) in [5.41, 5.74) is 4.48. The number of nitrogens with zero attached hydrogens (tertiary/aromatic N) is 2. The number of benzene rings is 1. The number of fused-ring (bicyclic) bond motifs is 1. The lowest BCUT2D eigenvalue weighted by Crippen LogP contribution is -2.34. The van der Waals surface area contributed by atoms with E-state index in [1.54, 1.807) is 7.11 Å². The van der Waals surface area contributed by atoms with E-state index in [2.05, 4.69) is 36.9 Å². The van der Waals surface area contributed by atoms with E-state index in [-0.39, 0.29) is 0 Å². The lowest BCUT2D eigenvalue weighted by atomic mass is 9.93. The number of hydrogen-bond donors (Lipinski definition) is 0. The van der Waals surface area contributed by atoms with Crippen molar-refractivity contribution in [2.75, 3.05) is 20.2 Å². The summed E-state index contributed by atoms with van der Waals surface area (Å²) in [7, 11) is 1.75. The number of piperidine rings is 1. The Morgan fingerprint density at radius 2 is 1.88 bits per heavy atom. The number of rotatable bonds is 4. The van der Waals surface area contributed by atoms with Crippen molar-refractivity contribution in [2.24, 2.45) is 5.41 Å². The number of likely N-dealkylation sites (tertiary alicyclic amines) is 1. The van der Waals surface area contributed by atoms with Crippen LogP contribution in [0.5, 0.6) is 5.75 Å². The first-order chi connectivity index (χ1) is 11.6. The smallest absolute Gasteiger partial charge is 0.124 e. The zero-order valence-electron chi connectivity index (χ0n) is 15.1. The van der Waals surface area contributed by atoms with E-state index in [1.165, 1.54) is 55.3 Å². The molecule has 1 saturated carbocycles. The molecule has 1 aliphatic carbocycles. The molecule has 0 amide bonds. The van der Waals surface area contributed by atoms with Crippen LogP contribution in [0.25, 0.3) is 10.9 Å². The second-order valence-corrected chi connectivity index (χ2v) is 7.98. The summed E-state index contributed by atoms with van der Waals surface area (Å²) < 4.78 is 5.58. The number of ether oxygens (including phenoxy) is 1. The highest BCUT2D eigenvalue weighted by atomic mass is 16.5. The van der Waals surface area contributed by atoms with Gasteiger partial charge >= 0.3 is 0 Å². The van der Waals surface area contributed by atoms with Gasteiger partial charge in [-0.15, -0.1) is 0 Å². The molecule has 3 heteroatoms. The summed E-state index contributed by atoms with van der Waals surface area (Å²) in [5.74, 6) is 1.35. The van der Waals surface area contributed by atoms with E-state index >= 15 is 0 Å². The predicted molar refractivity (Wildman–Crippen MR) is 98.6 cm³/mol. The first kappa shape index (κ1) is 15.9. The second kappa shape index (κ2) is 6.03. The second-order valence-electron chi connectivity index (χ2n) is 7.98. The minimum Gasteiger partial charge on any atom is -0.496 e. The van der Waals surface area contributed by atoms with Crippen molar-refractivity contribution in [3.63, 3.8) is 0 Å². The van der Waals surface area contributed by atoms with Crippen molar-refractivity contribution in [2.45, 2.75) is 52.0 Å².